The number of aromatic hydroxyl groups is 1. The third-order valence-electron chi connectivity index (χ3n) is 3.79. The smallest absolute Gasteiger partial charge is 0.268 e. The van der Waals surface area contributed by atoms with E-state index >= 15 is 0 Å². The Morgan fingerprint density at radius 1 is 1.33 bits per heavy atom. The summed E-state index contributed by atoms with van der Waals surface area (Å²) < 4.78 is 5.31. The maximum Gasteiger partial charge on any atom is 0.268 e. The van der Waals surface area contributed by atoms with Gasteiger partial charge >= 0.3 is 0 Å². The number of methoxy groups -OCH3 is 1. The van der Waals surface area contributed by atoms with Crippen LogP contribution in [0.2, 0.25) is 0 Å². The Hall–Kier alpha value is -3.02. The van der Waals surface area contributed by atoms with E-state index in [0.717, 1.165) is 11.1 Å². The predicted molar refractivity (Wildman–Crippen MR) is 90.5 cm³/mol. The Morgan fingerprint density at radius 3 is 2.92 bits per heavy atom. The third kappa shape index (κ3) is 3.17. The Morgan fingerprint density at radius 2 is 2.12 bits per heavy atom. The molecule has 1 aliphatic heterocycles. The van der Waals surface area contributed by atoms with Crippen LogP contribution < -0.4 is 10.1 Å². The van der Waals surface area contributed by atoms with E-state index in [1.165, 1.54) is 6.07 Å². The number of rotatable bonds is 4. The lowest BCUT2D eigenvalue weighted by Crippen LogP contribution is -2.28. The summed E-state index contributed by atoms with van der Waals surface area (Å²) >= 11 is 0. The molecule has 0 bridgehead atoms. The minimum Gasteiger partial charge on any atom is -0.506 e. The maximum absolute atomic E-state index is 12.4. The number of oxime groups is 1. The number of benzene rings is 2. The molecule has 0 radical (unpaired) electrons. The highest BCUT2D eigenvalue weighted by Gasteiger charge is 2.30. The summed E-state index contributed by atoms with van der Waals surface area (Å²) in [7, 11) is 1.58. The highest BCUT2D eigenvalue weighted by Crippen LogP contribution is 2.27. The second-order valence-electron chi connectivity index (χ2n) is 5.55. The Kier molecular flexibility index (Phi) is 4.37. The zero-order valence-electron chi connectivity index (χ0n) is 13.4. The first kappa shape index (κ1) is 15.9. The van der Waals surface area contributed by atoms with Crippen molar-refractivity contribution >= 4 is 17.3 Å². The zero-order valence-corrected chi connectivity index (χ0v) is 13.4. The first-order valence-corrected chi connectivity index (χ1v) is 7.55. The van der Waals surface area contributed by atoms with Crippen molar-refractivity contribution in [1.29, 1.82) is 0 Å². The number of aryl methyl sites for hydroxylation is 1. The number of hydrogen-bond acceptors (Lipinski definition) is 5. The number of ether oxygens (including phenoxy) is 1. The van der Waals surface area contributed by atoms with Crippen LogP contribution in [0.5, 0.6) is 11.5 Å². The van der Waals surface area contributed by atoms with Crippen LogP contribution in [0.15, 0.2) is 47.6 Å². The summed E-state index contributed by atoms with van der Waals surface area (Å²) in [6.45, 7) is 1.88. The van der Waals surface area contributed by atoms with Crippen molar-refractivity contribution in [2.24, 2.45) is 5.16 Å². The van der Waals surface area contributed by atoms with E-state index in [0.29, 0.717) is 23.6 Å². The largest absolute Gasteiger partial charge is 0.506 e. The molecule has 6 heteroatoms. The van der Waals surface area contributed by atoms with E-state index in [4.69, 9.17) is 9.57 Å². The van der Waals surface area contributed by atoms with Crippen molar-refractivity contribution in [3.63, 3.8) is 0 Å². The second kappa shape index (κ2) is 6.62. The third-order valence-corrected chi connectivity index (χ3v) is 3.79. The number of phenols is 1. The number of nitrogens with zero attached hydrogens (tertiary/aromatic N) is 1. The van der Waals surface area contributed by atoms with Crippen LogP contribution in [-0.4, -0.2) is 29.9 Å². The quantitative estimate of drug-likeness (QED) is 0.847. The standard InChI is InChI=1S/C18H18N2O4/c1-11-7-8-15(21)14(9-11)19-18(22)17-10-13(20-24-17)12-5-3-4-6-16(12)23-2/h3-9,17,21H,10H2,1-2H3,(H,19,22)/t17-/m0/s1. The Labute approximate surface area is 139 Å². The molecule has 6 nitrogen and oxygen atoms in total. The van der Waals surface area contributed by atoms with Gasteiger partial charge in [0.05, 0.1) is 18.5 Å². The van der Waals surface area contributed by atoms with Crippen molar-refractivity contribution in [3.8, 4) is 11.5 Å². The lowest BCUT2D eigenvalue weighted by molar-refractivity contribution is -0.125. The molecule has 2 aromatic rings. The molecule has 0 saturated carbocycles. The van der Waals surface area contributed by atoms with Crippen molar-refractivity contribution < 1.29 is 19.5 Å². The summed E-state index contributed by atoms with van der Waals surface area (Å²) in [6.07, 6.45) is -0.413. The molecule has 1 atom stereocenters. The summed E-state index contributed by atoms with van der Waals surface area (Å²) in [4.78, 5) is 17.6. The van der Waals surface area contributed by atoms with Gasteiger partial charge in [0.1, 0.15) is 11.5 Å². The number of carbonyl (C=O) groups is 1. The summed E-state index contributed by atoms with van der Waals surface area (Å²) in [6, 6.07) is 12.4. The number of para-hydroxylation sites is 1. The molecule has 1 amide bonds. The van der Waals surface area contributed by atoms with Gasteiger partial charge in [0.25, 0.3) is 5.91 Å². The van der Waals surface area contributed by atoms with Crippen molar-refractivity contribution in [3.05, 3.63) is 53.6 Å². The van der Waals surface area contributed by atoms with E-state index in [1.807, 2.05) is 31.2 Å². The average Bonchev–Trinajstić information content (AvgIpc) is 3.08. The molecule has 1 heterocycles. The molecule has 0 fully saturated rings. The van der Waals surface area contributed by atoms with Crippen LogP contribution in [0.3, 0.4) is 0 Å². The molecule has 1 aliphatic rings. The van der Waals surface area contributed by atoms with Crippen LogP contribution in [0, 0.1) is 6.92 Å². The van der Waals surface area contributed by atoms with Gasteiger partial charge in [0, 0.05) is 12.0 Å². The molecule has 0 spiro atoms. The van der Waals surface area contributed by atoms with Gasteiger partial charge in [-0.15, -0.1) is 0 Å². The van der Waals surface area contributed by atoms with E-state index in [2.05, 4.69) is 10.5 Å². The van der Waals surface area contributed by atoms with Gasteiger partial charge in [-0.1, -0.05) is 23.4 Å². The average molecular weight is 326 g/mol. The van der Waals surface area contributed by atoms with E-state index in [9.17, 15) is 9.90 Å². The molecule has 0 aromatic heterocycles. The molecule has 0 aliphatic carbocycles. The van der Waals surface area contributed by atoms with Crippen molar-refractivity contribution in [2.45, 2.75) is 19.4 Å². The highest BCUT2D eigenvalue weighted by molar-refractivity contribution is 6.07. The fraction of sp³-hybridized carbons (Fsp3) is 0.222. The predicted octanol–water partition coefficient (Wildman–Crippen LogP) is 2.84. The second-order valence-corrected chi connectivity index (χ2v) is 5.55. The number of phenolic OH excluding ortho intramolecular Hbond substituents is 1. The normalized spacial score (nSPS) is 16.2. The van der Waals surface area contributed by atoms with Crippen LogP contribution in [-0.2, 0) is 9.63 Å². The van der Waals surface area contributed by atoms with Gasteiger partial charge in [-0.25, -0.2) is 0 Å². The van der Waals surface area contributed by atoms with Crippen molar-refractivity contribution in [1.82, 2.24) is 0 Å². The minimum atomic E-state index is -0.746. The number of hydrogen-bond donors (Lipinski definition) is 2. The molecular formula is C18H18N2O4. The Bertz CT molecular complexity index is 801. The SMILES string of the molecule is COc1ccccc1C1=NO[C@H](C(=O)Nc2cc(C)ccc2O)C1. The number of carbonyl (C=O) groups excluding carboxylic acids is 1. The van der Waals surface area contributed by atoms with E-state index < -0.39 is 6.10 Å². The van der Waals surface area contributed by atoms with Crippen molar-refractivity contribution in [2.75, 3.05) is 12.4 Å². The molecule has 3 rings (SSSR count). The van der Waals surface area contributed by atoms with Gasteiger partial charge in [0.2, 0.25) is 6.10 Å². The fourth-order valence-corrected chi connectivity index (χ4v) is 2.52. The molecule has 2 aromatic carbocycles. The molecule has 2 N–H and O–H groups in total. The first-order chi connectivity index (χ1) is 11.6. The van der Waals surface area contributed by atoms with Crippen LogP contribution >= 0.6 is 0 Å². The first-order valence-electron chi connectivity index (χ1n) is 7.55. The molecular weight excluding hydrogens is 308 g/mol. The van der Waals surface area contributed by atoms with Crippen LogP contribution in [0.4, 0.5) is 5.69 Å². The lowest BCUT2D eigenvalue weighted by atomic mass is 10.0. The topological polar surface area (TPSA) is 80.2 Å². The van der Waals surface area contributed by atoms with Crippen LogP contribution in [0.1, 0.15) is 17.5 Å². The fourth-order valence-electron chi connectivity index (χ4n) is 2.52. The van der Waals surface area contributed by atoms with Gasteiger partial charge in [0.15, 0.2) is 0 Å². The molecule has 0 unspecified atom stereocenters. The summed E-state index contributed by atoms with van der Waals surface area (Å²) in [5.41, 5.74) is 2.74. The van der Waals surface area contributed by atoms with E-state index in [1.54, 1.807) is 19.2 Å². The zero-order chi connectivity index (χ0) is 17.1. The highest BCUT2D eigenvalue weighted by atomic mass is 16.6. The minimum absolute atomic E-state index is 0.0119. The van der Waals surface area contributed by atoms with Gasteiger partial charge < -0.3 is 20.0 Å². The number of nitrogens with one attached hydrogen (secondary N) is 1. The number of amides is 1. The summed E-state index contributed by atoms with van der Waals surface area (Å²) in [5.74, 6) is 0.333. The Balaban J connectivity index is 1.70. The summed E-state index contributed by atoms with van der Waals surface area (Å²) in [5, 5.41) is 16.5. The number of anilines is 1. The van der Waals surface area contributed by atoms with Gasteiger partial charge in [-0.3, -0.25) is 4.79 Å². The van der Waals surface area contributed by atoms with Gasteiger partial charge in [-0.2, -0.15) is 0 Å². The maximum atomic E-state index is 12.4. The molecule has 124 valence electrons. The van der Waals surface area contributed by atoms with Gasteiger partial charge in [-0.05, 0) is 36.8 Å². The molecule has 0 saturated heterocycles. The lowest BCUT2D eigenvalue weighted by Gasteiger charge is -2.11. The van der Waals surface area contributed by atoms with Crippen LogP contribution in [0.25, 0.3) is 0 Å². The monoisotopic (exact) mass is 326 g/mol. The van der Waals surface area contributed by atoms with E-state index in [-0.39, 0.29) is 11.7 Å². The molecule has 24 heavy (non-hydrogen) atoms.